The summed E-state index contributed by atoms with van der Waals surface area (Å²) < 4.78 is 4.11. The van der Waals surface area contributed by atoms with Crippen molar-refractivity contribution in [2.75, 3.05) is 0 Å². The molecule has 2 atom stereocenters. The summed E-state index contributed by atoms with van der Waals surface area (Å²) >= 11 is 3.46. The van der Waals surface area contributed by atoms with E-state index in [9.17, 15) is 9.59 Å². The van der Waals surface area contributed by atoms with Gasteiger partial charge in [-0.2, -0.15) is 0 Å². The standard InChI is InChI=1S/C10H13BrO3/c1-8(2)9(3)4-5-10(8,11)7(13)14-6(9)12/h4-5H2,1-3H3/t9-,10+/m1/s1. The van der Waals surface area contributed by atoms with Gasteiger partial charge in [-0.15, -0.1) is 0 Å². The van der Waals surface area contributed by atoms with Gasteiger partial charge in [-0.3, -0.25) is 9.59 Å². The Labute approximate surface area is 91.3 Å². The molecule has 78 valence electrons. The van der Waals surface area contributed by atoms with Gasteiger partial charge in [0.2, 0.25) is 0 Å². The number of hydrogen-bond donors (Lipinski definition) is 0. The first-order valence-corrected chi connectivity index (χ1v) is 5.51. The van der Waals surface area contributed by atoms with E-state index in [1.165, 1.54) is 0 Å². The Morgan fingerprint density at radius 2 is 1.71 bits per heavy atom. The zero-order chi connectivity index (χ0) is 10.8. The van der Waals surface area contributed by atoms with Crippen LogP contribution in [0.5, 0.6) is 0 Å². The molecule has 1 aliphatic carbocycles. The maximum absolute atomic E-state index is 11.7. The predicted octanol–water partition coefficient (Wildman–Crippen LogP) is 2.03. The number of rotatable bonds is 0. The molecule has 2 bridgehead atoms. The SMILES string of the molecule is CC1(C)[C@]2(C)CC[C@]1(Br)C(=O)OC2=O. The molecule has 2 rings (SSSR count). The van der Waals surface area contributed by atoms with Gasteiger partial charge in [0, 0.05) is 5.41 Å². The van der Waals surface area contributed by atoms with Crippen LogP contribution in [0.25, 0.3) is 0 Å². The molecule has 1 saturated heterocycles. The number of carbonyl (C=O) groups excluding carboxylic acids is 2. The first-order valence-electron chi connectivity index (χ1n) is 4.71. The van der Waals surface area contributed by atoms with Crippen molar-refractivity contribution in [1.82, 2.24) is 0 Å². The highest BCUT2D eigenvalue weighted by Gasteiger charge is 2.71. The highest BCUT2D eigenvalue weighted by Crippen LogP contribution is 2.64. The maximum Gasteiger partial charge on any atom is 0.331 e. The molecular formula is C10H13BrO3. The van der Waals surface area contributed by atoms with Crippen molar-refractivity contribution in [3.63, 3.8) is 0 Å². The third-order valence-electron chi connectivity index (χ3n) is 4.30. The summed E-state index contributed by atoms with van der Waals surface area (Å²) in [6, 6.07) is 0. The van der Waals surface area contributed by atoms with Crippen LogP contribution in [0, 0.1) is 10.8 Å². The van der Waals surface area contributed by atoms with E-state index in [0.717, 1.165) is 0 Å². The zero-order valence-electron chi connectivity index (χ0n) is 8.52. The Morgan fingerprint density at radius 3 is 2.29 bits per heavy atom. The normalized spacial score (nSPS) is 45.1. The second-order valence-electron chi connectivity index (χ2n) is 4.94. The Hall–Kier alpha value is -0.380. The summed E-state index contributed by atoms with van der Waals surface area (Å²) in [4.78, 5) is 23.3. The Kier molecular flexibility index (Phi) is 1.74. The van der Waals surface area contributed by atoms with E-state index in [2.05, 4.69) is 15.9 Å². The predicted molar refractivity (Wildman–Crippen MR) is 53.9 cm³/mol. The van der Waals surface area contributed by atoms with Crippen LogP contribution in [0.2, 0.25) is 0 Å². The monoisotopic (exact) mass is 260 g/mol. The minimum absolute atomic E-state index is 0.375. The highest BCUT2D eigenvalue weighted by molar-refractivity contribution is 9.10. The first kappa shape index (κ1) is 10.1. The second-order valence-corrected chi connectivity index (χ2v) is 6.29. The van der Waals surface area contributed by atoms with Crippen molar-refractivity contribution in [2.24, 2.45) is 10.8 Å². The van der Waals surface area contributed by atoms with Crippen LogP contribution >= 0.6 is 15.9 Å². The molecule has 2 aliphatic rings. The summed E-state index contributed by atoms with van der Waals surface area (Å²) in [5.41, 5.74) is -0.920. The number of fused-ring (bicyclic) bond motifs is 2. The van der Waals surface area contributed by atoms with E-state index < -0.39 is 15.7 Å². The van der Waals surface area contributed by atoms with Crippen LogP contribution < -0.4 is 0 Å². The Morgan fingerprint density at radius 1 is 1.14 bits per heavy atom. The molecule has 0 radical (unpaired) electrons. The van der Waals surface area contributed by atoms with E-state index in [1.807, 2.05) is 20.8 Å². The number of alkyl halides is 1. The van der Waals surface area contributed by atoms with E-state index in [1.54, 1.807) is 0 Å². The Balaban J connectivity index is 2.61. The van der Waals surface area contributed by atoms with Crippen LogP contribution in [0.3, 0.4) is 0 Å². The van der Waals surface area contributed by atoms with Crippen molar-refractivity contribution in [2.45, 2.75) is 37.9 Å². The van der Waals surface area contributed by atoms with Gasteiger partial charge in [0.1, 0.15) is 4.32 Å². The van der Waals surface area contributed by atoms with Gasteiger partial charge >= 0.3 is 11.9 Å². The van der Waals surface area contributed by atoms with Crippen LogP contribution in [-0.4, -0.2) is 16.3 Å². The zero-order valence-corrected chi connectivity index (χ0v) is 10.1. The number of cyclic esters (lactones) is 2. The number of esters is 2. The smallest absolute Gasteiger partial charge is 0.331 e. The fourth-order valence-electron chi connectivity index (χ4n) is 2.48. The van der Waals surface area contributed by atoms with Crippen LogP contribution in [0.4, 0.5) is 0 Å². The molecule has 0 N–H and O–H groups in total. The van der Waals surface area contributed by atoms with E-state index in [-0.39, 0.29) is 11.4 Å². The first-order chi connectivity index (χ1) is 6.26. The summed E-state index contributed by atoms with van der Waals surface area (Å²) in [5.74, 6) is -0.803. The van der Waals surface area contributed by atoms with Crippen LogP contribution in [0.15, 0.2) is 0 Å². The largest absolute Gasteiger partial charge is 0.392 e. The van der Waals surface area contributed by atoms with Crippen molar-refractivity contribution in [3.8, 4) is 0 Å². The molecule has 4 heteroatoms. The van der Waals surface area contributed by atoms with Crippen molar-refractivity contribution in [3.05, 3.63) is 0 Å². The fourth-order valence-corrected chi connectivity index (χ4v) is 3.19. The average molecular weight is 261 g/mol. The molecule has 1 aliphatic heterocycles. The third kappa shape index (κ3) is 0.794. The Bertz CT molecular complexity index is 306. The highest BCUT2D eigenvalue weighted by atomic mass is 79.9. The van der Waals surface area contributed by atoms with E-state index in [0.29, 0.717) is 12.8 Å². The lowest BCUT2D eigenvalue weighted by molar-refractivity contribution is -0.182. The van der Waals surface area contributed by atoms with Crippen LogP contribution in [-0.2, 0) is 14.3 Å². The molecular weight excluding hydrogens is 248 g/mol. The molecule has 0 aromatic carbocycles. The van der Waals surface area contributed by atoms with Crippen LogP contribution in [0.1, 0.15) is 33.6 Å². The van der Waals surface area contributed by atoms with Crippen molar-refractivity contribution >= 4 is 27.9 Å². The van der Waals surface area contributed by atoms with Gasteiger partial charge in [-0.05, 0) is 19.8 Å². The lowest BCUT2D eigenvalue weighted by Gasteiger charge is -2.46. The van der Waals surface area contributed by atoms with Gasteiger partial charge in [-0.1, -0.05) is 29.8 Å². The number of carbonyl (C=O) groups is 2. The van der Waals surface area contributed by atoms with E-state index in [4.69, 9.17) is 4.74 Å². The minimum Gasteiger partial charge on any atom is -0.392 e. The molecule has 0 spiro atoms. The summed E-state index contributed by atoms with van der Waals surface area (Å²) in [5, 5.41) is 0. The number of hydrogen-bond acceptors (Lipinski definition) is 3. The van der Waals surface area contributed by atoms with Gasteiger partial charge < -0.3 is 4.74 Å². The number of halogens is 1. The maximum atomic E-state index is 11.7. The lowest BCUT2D eigenvalue weighted by Crippen LogP contribution is -2.57. The van der Waals surface area contributed by atoms with Crippen molar-refractivity contribution < 1.29 is 14.3 Å². The van der Waals surface area contributed by atoms with Gasteiger partial charge in [0.05, 0.1) is 5.41 Å². The lowest BCUT2D eigenvalue weighted by atomic mass is 9.64. The molecule has 14 heavy (non-hydrogen) atoms. The molecule has 3 nitrogen and oxygen atoms in total. The molecule has 2 fully saturated rings. The molecule has 1 heterocycles. The van der Waals surface area contributed by atoms with Gasteiger partial charge in [0.15, 0.2) is 0 Å². The quantitative estimate of drug-likeness (QED) is 0.380. The van der Waals surface area contributed by atoms with Gasteiger partial charge in [-0.25, -0.2) is 0 Å². The molecule has 0 aromatic heterocycles. The molecule has 1 saturated carbocycles. The summed E-state index contributed by atoms with van der Waals surface area (Å²) in [6.45, 7) is 5.78. The molecule has 0 amide bonds. The third-order valence-corrected chi connectivity index (χ3v) is 6.01. The molecule has 0 aromatic rings. The second kappa shape index (κ2) is 2.40. The summed E-state index contributed by atoms with van der Waals surface area (Å²) in [6.07, 6.45) is 1.37. The minimum atomic E-state index is -0.678. The number of ether oxygens (including phenoxy) is 1. The molecule has 0 unspecified atom stereocenters. The van der Waals surface area contributed by atoms with Gasteiger partial charge in [0.25, 0.3) is 0 Å². The van der Waals surface area contributed by atoms with E-state index >= 15 is 0 Å². The fraction of sp³-hybridized carbons (Fsp3) is 0.800. The average Bonchev–Trinajstić information content (AvgIpc) is 2.21. The topological polar surface area (TPSA) is 43.4 Å². The summed E-state index contributed by atoms with van der Waals surface area (Å²) in [7, 11) is 0. The van der Waals surface area contributed by atoms with Crippen molar-refractivity contribution in [1.29, 1.82) is 0 Å².